The van der Waals surface area contributed by atoms with Gasteiger partial charge in [0.05, 0.1) is 6.21 Å². The zero-order chi connectivity index (χ0) is 21.2. The second kappa shape index (κ2) is 11.0. The van der Waals surface area contributed by atoms with Crippen molar-refractivity contribution in [3.63, 3.8) is 0 Å². The number of amides is 2. The van der Waals surface area contributed by atoms with E-state index >= 15 is 0 Å². The van der Waals surface area contributed by atoms with E-state index in [-0.39, 0.29) is 11.6 Å². The molecule has 1 heterocycles. The second-order valence-corrected chi connectivity index (χ2v) is 7.93. The number of rotatable bonds is 7. The van der Waals surface area contributed by atoms with Crippen LogP contribution in [0.4, 0.5) is 0 Å². The summed E-state index contributed by atoms with van der Waals surface area (Å²) in [4.78, 5) is 26.0. The molecule has 0 radical (unpaired) electrons. The van der Waals surface area contributed by atoms with E-state index in [4.69, 9.17) is 0 Å². The molecule has 3 rings (SSSR count). The number of hydrogen-bond donors (Lipinski definition) is 2. The van der Waals surface area contributed by atoms with Crippen LogP contribution in [0.25, 0.3) is 12.2 Å². The van der Waals surface area contributed by atoms with E-state index in [0.29, 0.717) is 10.0 Å². The number of allylic oxidation sites excluding steroid dienone is 1. The zero-order valence-corrected chi connectivity index (χ0v) is 18.2. The molecule has 0 unspecified atom stereocenters. The minimum absolute atomic E-state index is 0.103. The fraction of sp³-hybridized carbons (Fsp3) is 0. The summed E-state index contributed by atoms with van der Waals surface area (Å²) >= 11 is 4.86. The third-order valence-corrected chi connectivity index (χ3v) is 5.07. The SMILES string of the molecule is O=C(N/N=C/C(Br)=C/c1ccccc1)/C(=C\c1cccs1)NC(=O)c1ccccc1. The van der Waals surface area contributed by atoms with Crippen molar-refractivity contribution >= 4 is 57.4 Å². The van der Waals surface area contributed by atoms with Crippen molar-refractivity contribution in [1.82, 2.24) is 10.7 Å². The molecule has 5 nitrogen and oxygen atoms in total. The molecule has 0 fully saturated rings. The Morgan fingerprint density at radius 2 is 1.60 bits per heavy atom. The van der Waals surface area contributed by atoms with Gasteiger partial charge in [0.25, 0.3) is 11.8 Å². The van der Waals surface area contributed by atoms with E-state index in [2.05, 4.69) is 31.8 Å². The highest BCUT2D eigenvalue weighted by atomic mass is 79.9. The lowest BCUT2D eigenvalue weighted by molar-refractivity contribution is -0.117. The van der Waals surface area contributed by atoms with Crippen molar-refractivity contribution in [3.05, 3.63) is 104 Å². The first-order valence-electron chi connectivity index (χ1n) is 8.99. The average Bonchev–Trinajstić information content (AvgIpc) is 3.27. The van der Waals surface area contributed by atoms with Gasteiger partial charge in [0, 0.05) is 14.9 Å². The molecule has 0 atom stereocenters. The minimum atomic E-state index is -0.524. The van der Waals surface area contributed by atoms with E-state index in [9.17, 15) is 9.59 Å². The maximum Gasteiger partial charge on any atom is 0.287 e. The summed E-state index contributed by atoms with van der Waals surface area (Å²) in [6.45, 7) is 0. The van der Waals surface area contributed by atoms with Gasteiger partial charge in [-0.3, -0.25) is 9.59 Å². The molecule has 0 aliphatic carbocycles. The number of carbonyl (C=O) groups excluding carboxylic acids is 2. The second-order valence-electron chi connectivity index (χ2n) is 6.03. The molecular weight excluding hydrogens is 462 g/mol. The monoisotopic (exact) mass is 479 g/mol. The van der Waals surface area contributed by atoms with Gasteiger partial charge in [-0.15, -0.1) is 11.3 Å². The van der Waals surface area contributed by atoms with Crippen LogP contribution in [0.5, 0.6) is 0 Å². The van der Waals surface area contributed by atoms with Crippen molar-refractivity contribution in [2.24, 2.45) is 5.10 Å². The summed E-state index contributed by atoms with van der Waals surface area (Å²) in [6, 6.07) is 22.1. The number of thiophene rings is 1. The van der Waals surface area contributed by atoms with Crippen LogP contribution >= 0.6 is 27.3 Å². The minimum Gasteiger partial charge on any atom is -0.317 e. The third-order valence-electron chi connectivity index (χ3n) is 3.82. The van der Waals surface area contributed by atoms with E-state index in [0.717, 1.165) is 10.4 Å². The van der Waals surface area contributed by atoms with Crippen LogP contribution in [0, 0.1) is 0 Å². The number of benzene rings is 2. The molecule has 1 aromatic heterocycles. The van der Waals surface area contributed by atoms with Crippen molar-refractivity contribution in [3.8, 4) is 0 Å². The van der Waals surface area contributed by atoms with Gasteiger partial charge >= 0.3 is 0 Å². The molecule has 7 heteroatoms. The highest BCUT2D eigenvalue weighted by Gasteiger charge is 2.14. The summed E-state index contributed by atoms with van der Waals surface area (Å²) in [6.07, 6.45) is 4.97. The molecule has 0 spiro atoms. The Balaban J connectivity index is 1.71. The van der Waals surface area contributed by atoms with Crippen LogP contribution in [0.2, 0.25) is 0 Å². The molecule has 30 heavy (non-hydrogen) atoms. The van der Waals surface area contributed by atoms with E-state index in [1.165, 1.54) is 17.6 Å². The summed E-state index contributed by atoms with van der Waals surface area (Å²) in [5.74, 6) is -0.897. The van der Waals surface area contributed by atoms with Crippen molar-refractivity contribution in [1.29, 1.82) is 0 Å². The Hall–Kier alpha value is -3.29. The Morgan fingerprint density at radius 1 is 0.900 bits per heavy atom. The molecule has 0 bridgehead atoms. The Kier molecular flexibility index (Phi) is 7.88. The standard InChI is InChI=1S/C23H18BrN3O2S/c24-19(14-17-8-3-1-4-9-17)16-25-27-23(29)21(15-20-12-7-13-30-20)26-22(28)18-10-5-2-6-11-18/h1-16H,(H,26,28)(H,27,29)/b19-14-,21-15+,25-16+. The van der Waals surface area contributed by atoms with Crippen LogP contribution in [0.1, 0.15) is 20.8 Å². The molecule has 0 aliphatic heterocycles. The van der Waals surface area contributed by atoms with Gasteiger partial charge in [-0.05, 0) is 57.2 Å². The maximum atomic E-state index is 12.6. The highest BCUT2D eigenvalue weighted by molar-refractivity contribution is 9.12. The summed E-state index contributed by atoms with van der Waals surface area (Å²) in [7, 11) is 0. The number of carbonyl (C=O) groups is 2. The lowest BCUT2D eigenvalue weighted by Crippen LogP contribution is -2.32. The molecule has 2 N–H and O–H groups in total. The molecule has 0 saturated heterocycles. The van der Waals surface area contributed by atoms with Gasteiger partial charge < -0.3 is 5.32 Å². The number of nitrogens with one attached hydrogen (secondary N) is 2. The van der Waals surface area contributed by atoms with E-state index in [1.54, 1.807) is 30.3 Å². The van der Waals surface area contributed by atoms with Crippen molar-refractivity contribution in [2.45, 2.75) is 0 Å². The van der Waals surface area contributed by atoms with Crippen molar-refractivity contribution in [2.75, 3.05) is 0 Å². The predicted molar refractivity (Wildman–Crippen MR) is 126 cm³/mol. The number of hydrazone groups is 1. The largest absolute Gasteiger partial charge is 0.317 e. The van der Waals surface area contributed by atoms with Gasteiger partial charge in [0.2, 0.25) is 0 Å². The number of hydrogen-bond acceptors (Lipinski definition) is 4. The number of halogens is 1. The molecule has 0 aliphatic rings. The Morgan fingerprint density at radius 3 is 2.27 bits per heavy atom. The van der Waals surface area contributed by atoms with Crippen molar-refractivity contribution < 1.29 is 9.59 Å². The fourth-order valence-electron chi connectivity index (χ4n) is 2.42. The maximum absolute atomic E-state index is 12.6. The molecule has 3 aromatic rings. The van der Waals surface area contributed by atoms with Gasteiger partial charge in [-0.2, -0.15) is 5.10 Å². The zero-order valence-electron chi connectivity index (χ0n) is 15.8. The summed E-state index contributed by atoms with van der Waals surface area (Å²) < 4.78 is 0.686. The normalized spacial score (nSPS) is 12.0. The van der Waals surface area contributed by atoms with Crippen LogP contribution in [0.15, 0.2) is 93.5 Å². The van der Waals surface area contributed by atoms with Crippen LogP contribution in [-0.2, 0) is 4.79 Å². The molecule has 2 amide bonds. The van der Waals surface area contributed by atoms with Crippen LogP contribution < -0.4 is 10.7 Å². The summed E-state index contributed by atoms with van der Waals surface area (Å²) in [5, 5.41) is 8.53. The fourth-order valence-corrected chi connectivity index (χ4v) is 3.44. The first-order chi connectivity index (χ1) is 14.6. The van der Waals surface area contributed by atoms with Gasteiger partial charge in [-0.1, -0.05) is 54.6 Å². The molecule has 150 valence electrons. The smallest absolute Gasteiger partial charge is 0.287 e. The summed E-state index contributed by atoms with van der Waals surface area (Å²) in [5.41, 5.74) is 4.01. The van der Waals surface area contributed by atoms with E-state index < -0.39 is 5.91 Å². The van der Waals surface area contributed by atoms with Gasteiger partial charge in [-0.25, -0.2) is 5.43 Å². The van der Waals surface area contributed by atoms with Crippen LogP contribution in [0.3, 0.4) is 0 Å². The van der Waals surface area contributed by atoms with Gasteiger partial charge in [0.1, 0.15) is 5.70 Å². The highest BCUT2D eigenvalue weighted by Crippen LogP contribution is 2.13. The average molecular weight is 480 g/mol. The van der Waals surface area contributed by atoms with Crippen LogP contribution in [-0.4, -0.2) is 18.0 Å². The molecular formula is C23H18BrN3O2S. The lowest BCUT2D eigenvalue weighted by atomic mass is 10.2. The third kappa shape index (κ3) is 6.65. The Labute approximate surface area is 187 Å². The lowest BCUT2D eigenvalue weighted by Gasteiger charge is -2.08. The predicted octanol–water partition coefficient (Wildman–Crippen LogP) is 5.06. The Bertz CT molecular complexity index is 1080. The van der Waals surface area contributed by atoms with E-state index in [1.807, 2.05) is 60.0 Å². The quantitative estimate of drug-likeness (QED) is 0.282. The molecule has 2 aromatic carbocycles. The molecule has 0 saturated carbocycles. The van der Waals surface area contributed by atoms with Gasteiger partial charge in [0.15, 0.2) is 0 Å². The first-order valence-corrected chi connectivity index (χ1v) is 10.7. The first kappa shape index (κ1) is 21.4. The topological polar surface area (TPSA) is 70.6 Å². The number of nitrogens with zero attached hydrogens (tertiary/aromatic N) is 1.